The number of carboxylic acids is 1. The Morgan fingerprint density at radius 1 is 1.67 bits per heavy atom. The second-order valence-electron chi connectivity index (χ2n) is 3.45. The van der Waals surface area contributed by atoms with E-state index in [2.05, 4.69) is 15.9 Å². The molecular weight excluding hydrogens is 308 g/mol. The van der Waals surface area contributed by atoms with Crippen molar-refractivity contribution in [3.8, 4) is 0 Å². The minimum atomic E-state index is -1.10. The second kappa shape index (κ2) is 5.58. The van der Waals surface area contributed by atoms with E-state index in [0.717, 1.165) is 16.8 Å². The van der Waals surface area contributed by atoms with Gasteiger partial charge in [0.05, 0.1) is 15.6 Å². The summed E-state index contributed by atoms with van der Waals surface area (Å²) in [4.78, 5) is 32.2. The minimum absolute atomic E-state index is 0.0444. The molecule has 1 aromatic heterocycles. The van der Waals surface area contributed by atoms with Crippen LogP contribution in [-0.4, -0.2) is 20.6 Å². The molecule has 0 bridgehead atoms. The van der Waals surface area contributed by atoms with Gasteiger partial charge >= 0.3 is 5.97 Å². The predicted octanol–water partition coefficient (Wildman–Crippen LogP) is 1.55. The molecule has 0 aliphatic carbocycles. The lowest BCUT2D eigenvalue weighted by Crippen LogP contribution is -2.20. The van der Waals surface area contributed by atoms with Crippen molar-refractivity contribution in [2.75, 3.05) is 0 Å². The minimum Gasteiger partial charge on any atom is -0.478 e. The number of carboxylic acid groups (broad SMARTS) is 1. The van der Waals surface area contributed by atoms with Gasteiger partial charge in [0.25, 0.3) is 11.2 Å². The lowest BCUT2D eigenvalue weighted by molar-refractivity contribution is -0.385. The van der Waals surface area contributed by atoms with E-state index in [1.165, 1.54) is 13.0 Å². The van der Waals surface area contributed by atoms with Crippen molar-refractivity contribution in [2.45, 2.75) is 13.5 Å². The van der Waals surface area contributed by atoms with Crippen LogP contribution in [0, 0.1) is 10.1 Å². The first-order valence-corrected chi connectivity index (χ1v) is 5.56. The van der Waals surface area contributed by atoms with Gasteiger partial charge in [-0.3, -0.25) is 14.9 Å². The first-order valence-electron chi connectivity index (χ1n) is 4.77. The average Bonchev–Trinajstić information content (AvgIpc) is 2.29. The Morgan fingerprint density at radius 2 is 2.28 bits per heavy atom. The molecule has 1 aromatic rings. The van der Waals surface area contributed by atoms with E-state index in [1.54, 1.807) is 0 Å². The maximum absolute atomic E-state index is 11.6. The fourth-order valence-electron chi connectivity index (χ4n) is 1.14. The fourth-order valence-corrected chi connectivity index (χ4v) is 1.60. The predicted molar refractivity (Wildman–Crippen MR) is 66.4 cm³/mol. The van der Waals surface area contributed by atoms with Gasteiger partial charge in [-0.15, -0.1) is 0 Å². The van der Waals surface area contributed by atoms with E-state index in [0.29, 0.717) is 0 Å². The van der Waals surface area contributed by atoms with E-state index in [1.807, 2.05) is 0 Å². The lowest BCUT2D eigenvalue weighted by atomic mass is 10.3. The maximum Gasteiger partial charge on any atom is 0.331 e. The monoisotopic (exact) mass is 316 g/mol. The van der Waals surface area contributed by atoms with Gasteiger partial charge in [0, 0.05) is 18.2 Å². The molecule has 0 unspecified atom stereocenters. The van der Waals surface area contributed by atoms with Gasteiger partial charge < -0.3 is 9.67 Å². The third kappa shape index (κ3) is 3.27. The number of hydrogen-bond donors (Lipinski definition) is 1. The Kier molecular flexibility index (Phi) is 4.38. The molecule has 1 rings (SSSR count). The lowest BCUT2D eigenvalue weighted by Gasteiger charge is -2.03. The van der Waals surface area contributed by atoms with Crippen molar-refractivity contribution in [3.63, 3.8) is 0 Å². The molecule has 0 saturated heterocycles. The molecule has 0 spiro atoms. The number of halogens is 1. The number of pyridine rings is 1. The molecule has 0 saturated carbocycles. The van der Waals surface area contributed by atoms with E-state index < -0.39 is 16.5 Å². The highest BCUT2D eigenvalue weighted by Gasteiger charge is 2.11. The van der Waals surface area contributed by atoms with Crippen molar-refractivity contribution in [2.24, 2.45) is 0 Å². The van der Waals surface area contributed by atoms with Crippen LogP contribution in [0.25, 0.3) is 0 Å². The number of allylic oxidation sites excluding steroid dienone is 1. The Bertz CT molecular complexity index is 590. The molecule has 18 heavy (non-hydrogen) atoms. The van der Waals surface area contributed by atoms with Gasteiger partial charge in [-0.25, -0.2) is 4.79 Å². The van der Waals surface area contributed by atoms with Crippen LogP contribution in [0.4, 0.5) is 5.69 Å². The van der Waals surface area contributed by atoms with Gasteiger partial charge in [-0.1, -0.05) is 6.08 Å². The average molecular weight is 317 g/mol. The molecule has 0 aromatic carbocycles. The van der Waals surface area contributed by atoms with Crippen LogP contribution in [-0.2, 0) is 11.3 Å². The van der Waals surface area contributed by atoms with Crippen molar-refractivity contribution < 1.29 is 14.8 Å². The zero-order valence-electron chi connectivity index (χ0n) is 9.29. The number of aliphatic carboxylic acids is 1. The van der Waals surface area contributed by atoms with Crippen LogP contribution in [0.2, 0.25) is 0 Å². The van der Waals surface area contributed by atoms with Gasteiger partial charge in [0.1, 0.15) is 0 Å². The van der Waals surface area contributed by atoms with Crippen LogP contribution < -0.4 is 5.56 Å². The highest BCUT2D eigenvalue weighted by atomic mass is 79.9. The summed E-state index contributed by atoms with van der Waals surface area (Å²) in [5.41, 5.74) is -0.651. The van der Waals surface area contributed by atoms with Gasteiger partial charge in [0.15, 0.2) is 0 Å². The quantitative estimate of drug-likeness (QED) is 0.515. The Morgan fingerprint density at radius 3 is 2.78 bits per heavy atom. The fraction of sp³-hybridized carbons (Fsp3) is 0.200. The van der Waals surface area contributed by atoms with Crippen LogP contribution in [0.3, 0.4) is 0 Å². The number of nitrogens with zero attached hydrogens (tertiary/aromatic N) is 2. The van der Waals surface area contributed by atoms with E-state index in [4.69, 9.17) is 5.11 Å². The molecule has 0 amide bonds. The highest BCUT2D eigenvalue weighted by molar-refractivity contribution is 9.10. The summed E-state index contributed by atoms with van der Waals surface area (Å²) in [7, 11) is 0. The van der Waals surface area contributed by atoms with E-state index in [9.17, 15) is 19.7 Å². The van der Waals surface area contributed by atoms with Crippen LogP contribution in [0.5, 0.6) is 0 Å². The molecule has 96 valence electrons. The number of carbonyl (C=O) groups is 1. The molecule has 1 heterocycles. The zero-order valence-corrected chi connectivity index (χ0v) is 10.9. The standard InChI is InChI=1S/C10H9BrN2O5/c1-6(10(15)16)2-3-12-5-7(13(17)18)4-8(11)9(12)14/h2,4-5H,3H2,1H3,(H,15,16)/b6-2-. The molecule has 0 fully saturated rings. The zero-order chi connectivity index (χ0) is 13.9. The van der Waals surface area contributed by atoms with E-state index in [-0.39, 0.29) is 22.3 Å². The summed E-state index contributed by atoms with van der Waals surface area (Å²) in [6.07, 6.45) is 2.37. The largest absolute Gasteiger partial charge is 0.478 e. The normalized spacial score (nSPS) is 11.3. The summed E-state index contributed by atoms with van der Waals surface area (Å²) < 4.78 is 1.12. The maximum atomic E-state index is 11.6. The van der Waals surface area contributed by atoms with Crippen molar-refractivity contribution >= 4 is 27.6 Å². The third-order valence-electron chi connectivity index (χ3n) is 2.17. The molecule has 0 radical (unpaired) electrons. The number of rotatable bonds is 4. The third-order valence-corrected chi connectivity index (χ3v) is 2.74. The summed E-state index contributed by atoms with van der Waals surface area (Å²) in [5.74, 6) is -1.10. The molecule has 0 aliphatic heterocycles. The van der Waals surface area contributed by atoms with E-state index >= 15 is 0 Å². The first kappa shape index (κ1) is 14.1. The van der Waals surface area contributed by atoms with Crippen LogP contribution in [0.15, 0.2) is 33.2 Å². The van der Waals surface area contributed by atoms with Gasteiger partial charge in [-0.2, -0.15) is 0 Å². The topological polar surface area (TPSA) is 102 Å². The Balaban J connectivity index is 3.17. The van der Waals surface area contributed by atoms with Crippen LogP contribution in [0.1, 0.15) is 6.92 Å². The molecule has 1 N–H and O–H groups in total. The first-order chi connectivity index (χ1) is 8.32. The molecular formula is C10H9BrN2O5. The highest BCUT2D eigenvalue weighted by Crippen LogP contribution is 2.14. The number of hydrogen-bond acceptors (Lipinski definition) is 4. The number of aromatic nitrogens is 1. The molecule has 0 atom stereocenters. The summed E-state index contributed by atoms with van der Waals surface area (Å²) in [6.45, 7) is 1.33. The Hall–Kier alpha value is -1.96. The van der Waals surface area contributed by atoms with Gasteiger partial charge in [0.2, 0.25) is 0 Å². The van der Waals surface area contributed by atoms with Crippen molar-refractivity contribution in [3.05, 3.63) is 48.9 Å². The van der Waals surface area contributed by atoms with Crippen LogP contribution >= 0.6 is 15.9 Å². The molecule has 7 nitrogen and oxygen atoms in total. The Labute approximate surface area is 110 Å². The molecule has 8 heteroatoms. The number of nitro groups is 1. The van der Waals surface area contributed by atoms with Gasteiger partial charge in [-0.05, 0) is 22.9 Å². The van der Waals surface area contributed by atoms with Crippen molar-refractivity contribution in [1.82, 2.24) is 4.57 Å². The summed E-state index contributed by atoms with van der Waals surface area (Å²) >= 11 is 2.93. The summed E-state index contributed by atoms with van der Waals surface area (Å²) in [6, 6.07) is 1.10. The molecule has 0 aliphatic rings. The van der Waals surface area contributed by atoms with Crippen molar-refractivity contribution in [1.29, 1.82) is 0 Å². The second-order valence-corrected chi connectivity index (χ2v) is 4.31. The summed E-state index contributed by atoms with van der Waals surface area (Å²) in [5, 5.41) is 19.3. The smallest absolute Gasteiger partial charge is 0.331 e. The SMILES string of the molecule is C/C(=C/Cn1cc([N+](=O)[O-])cc(Br)c1=O)C(=O)O.